The summed E-state index contributed by atoms with van der Waals surface area (Å²) in [6.45, 7) is 4.18. The van der Waals surface area contributed by atoms with Crippen molar-refractivity contribution in [2.24, 2.45) is 0 Å². The third-order valence-corrected chi connectivity index (χ3v) is 6.52. The zero-order valence-electron chi connectivity index (χ0n) is 19.3. The fraction of sp³-hybridized carbons (Fsp3) is 0.148. The lowest BCUT2D eigenvalue weighted by Crippen LogP contribution is -2.12. The number of carbonyl (C=O) groups is 1. The number of ketones is 1. The van der Waals surface area contributed by atoms with Crippen molar-refractivity contribution in [2.45, 2.75) is 17.9 Å². The van der Waals surface area contributed by atoms with Gasteiger partial charge in [0.15, 0.2) is 22.2 Å². The van der Waals surface area contributed by atoms with E-state index < -0.39 is 9.84 Å². The van der Waals surface area contributed by atoms with Crippen LogP contribution in [0.25, 0.3) is 11.3 Å². The lowest BCUT2D eigenvalue weighted by atomic mass is 10.0. The second-order valence-corrected chi connectivity index (χ2v) is 10.1. The Morgan fingerprint density at radius 1 is 1.03 bits per heavy atom. The van der Waals surface area contributed by atoms with Crippen molar-refractivity contribution in [3.05, 3.63) is 108 Å². The van der Waals surface area contributed by atoms with Crippen molar-refractivity contribution >= 4 is 15.6 Å². The van der Waals surface area contributed by atoms with Gasteiger partial charge < -0.3 is 4.74 Å². The van der Waals surface area contributed by atoms with E-state index in [2.05, 4.69) is 16.9 Å². The average molecular weight is 488 g/mol. The molecule has 4 aromatic rings. The van der Waals surface area contributed by atoms with Crippen molar-refractivity contribution in [1.82, 2.24) is 15.0 Å². The first-order chi connectivity index (χ1) is 16.8. The minimum absolute atomic E-state index is 0.161. The molecule has 0 bridgehead atoms. The van der Waals surface area contributed by atoms with Crippen LogP contribution in [0.15, 0.2) is 96.5 Å². The van der Waals surface area contributed by atoms with Crippen LogP contribution in [0.1, 0.15) is 21.5 Å². The van der Waals surface area contributed by atoms with Crippen molar-refractivity contribution in [2.75, 3.05) is 12.9 Å². The molecule has 0 saturated heterocycles. The summed E-state index contributed by atoms with van der Waals surface area (Å²) < 4.78 is 30.9. The van der Waals surface area contributed by atoms with E-state index in [-0.39, 0.29) is 17.3 Å². The van der Waals surface area contributed by atoms with Gasteiger partial charge in [-0.3, -0.25) is 4.79 Å². The number of carbonyl (C=O) groups excluding carboxylic acids is 1. The van der Waals surface area contributed by atoms with E-state index in [1.54, 1.807) is 4.68 Å². The molecule has 8 heteroatoms. The zero-order chi connectivity index (χ0) is 24.8. The smallest absolute Gasteiger partial charge is 0.200 e. The summed E-state index contributed by atoms with van der Waals surface area (Å²) in [5, 5.41) is 8.58. The van der Waals surface area contributed by atoms with Crippen LogP contribution in [0.3, 0.4) is 0 Å². The minimum Gasteiger partial charge on any atom is -0.485 e. The third-order valence-electron chi connectivity index (χ3n) is 5.39. The molecule has 0 unspecified atom stereocenters. The predicted molar refractivity (Wildman–Crippen MR) is 134 cm³/mol. The second kappa shape index (κ2) is 10.5. The second-order valence-electron chi connectivity index (χ2n) is 8.12. The first-order valence-electron chi connectivity index (χ1n) is 11.0. The zero-order valence-corrected chi connectivity index (χ0v) is 20.1. The monoisotopic (exact) mass is 487 g/mol. The van der Waals surface area contributed by atoms with E-state index in [9.17, 15) is 13.2 Å². The SMILES string of the molecule is C=CCc1ccc(OCC(=O)c2ccc(S(C)(=O)=O)cc2)c(-c2cn(Cc3ccccc3)nn2)c1. The number of nitrogens with zero attached hydrogens (tertiary/aromatic N) is 3. The molecule has 0 saturated carbocycles. The highest BCUT2D eigenvalue weighted by molar-refractivity contribution is 7.90. The molecular weight excluding hydrogens is 462 g/mol. The summed E-state index contributed by atoms with van der Waals surface area (Å²) in [4.78, 5) is 12.8. The normalized spacial score (nSPS) is 11.2. The van der Waals surface area contributed by atoms with Crippen LogP contribution in [0.4, 0.5) is 0 Å². The molecule has 0 radical (unpaired) electrons. The van der Waals surface area contributed by atoms with Crippen LogP contribution >= 0.6 is 0 Å². The van der Waals surface area contributed by atoms with Gasteiger partial charge in [-0.1, -0.05) is 47.7 Å². The third kappa shape index (κ3) is 6.10. The summed E-state index contributed by atoms with van der Waals surface area (Å²) in [6, 6.07) is 21.5. The van der Waals surface area contributed by atoms with Gasteiger partial charge in [0.1, 0.15) is 11.4 Å². The number of benzene rings is 3. The molecule has 4 rings (SSSR count). The fourth-order valence-corrected chi connectivity index (χ4v) is 4.21. The lowest BCUT2D eigenvalue weighted by molar-refractivity contribution is 0.0922. The van der Waals surface area contributed by atoms with Gasteiger partial charge in [0, 0.05) is 17.4 Å². The molecule has 0 aliphatic rings. The number of sulfone groups is 1. The van der Waals surface area contributed by atoms with Gasteiger partial charge in [0.25, 0.3) is 0 Å². The predicted octanol–water partition coefficient (Wildman–Crippen LogP) is 4.39. The number of aromatic nitrogens is 3. The van der Waals surface area contributed by atoms with Gasteiger partial charge in [0.05, 0.1) is 17.6 Å². The van der Waals surface area contributed by atoms with E-state index in [1.807, 2.05) is 60.8 Å². The number of Topliss-reactive ketones (excluding diaryl/α,β-unsaturated/α-hetero) is 1. The molecule has 0 N–H and O–H groups in total. The first kappa shape index (κ1) is 24.1. The summed E-state index contributed by atoms with van der Waals surface area (Å²) in [7, 11) is -3.33. The maximum atomic E-state index is 12.7. The van der Waals surface area contributed by atoms with Crippen molar-refractivity contribution in [3.8, 4) is 17.0 Å². The number of rotatable bonds is 10. The highest BCUT2D eigenvalue weighted by atomic mass is 32.2. The summed E-state index contributed by atoms with van der Waals surface area (Å²) >= 11 is 0. The van der Waals surface area contributed by atoms with Gasteiger partial charge in [-0.15, -0.1) is 11.7 Å². The Hall–Kier alpha value is -4.04. The Labute approximate surface area is 204 Å². The van der Waals surface area contributed by atoms with Gasteiger partial charge in [0.2, 0.25) is 0 Å². The lowest BCUT2D eigenvalue weighted by Gasteiger charge is -2.11. The van der Waals surface area contributed by atoms with E-state index >= 15 is 0 Å². The molecule has 0 aliphatic heterocycles. The highest BCUT2D eigenvalue weighted by Crippen LogP contribution is 2.30. The molecule has 0 atom stereocenters. The maximum absolute atomic E-state index is 12.7. The van der Waals surface area contributed by atoms with Crippen LogP contribution in [-0.4, -0.2) is 42.1 Å². The average Bonchev–Trinajstić information content (AvgIpc) is 3.31. The number of hydrogen-bond donors (Lipinski definition) is 0. The van der Waals surface area contributed by atoms with Gasteiger partial charge >= 0.3 is 0 Å². The van der Waals surface area contributed by atoms with E-state index in [0.29, 0.717) is 30.0 Å². The van der Waals surface area contributed by atoms with E-state index in [0.717, 1.165) is 22.9 Å². The quantitative estimate of drug-likeness (QED) is 0.243. The Morgan fingerprint density at radius 2 is 1.77 bits per heavy atom. The molecule has 7 nitrogen and oxygen atoms in total. The summed E-state index contributed by atoms with van der Waals surface area (Å²) in [5.74, 6) is 0.240. The topological polar surface area (TPSA) is 91.2 Å². The maximum Gasteiger partial charge on any atom is 0.200 e. The van der Waals surface area contributed by atoms with E-state index in [4.69, 9.17) is 4.74 Å². The largest absolute Gasteiger partial charge is 0.485 e. The number of hydrogen-bond acceptors (Lipinski definition) is 6. The van der Waals surface area contributed by atoms with Gasteiger partial charge in [-0.25, -0.2) is 13.1 Å². The molecule has 0 amide bonds. The van der Waals surface area contributed by atoms with Gasteiger partial charge in [-0.2, -0.15) is 0 Å². The van der Waals surface area contributed by atoms with Crippen molar-refractivity contribution in [3.63, 3.8) is 0 Å². The molecule has 0 fully saturated rings. The molecule has 1 heterocycles. The van der Waals surface area contributed by atoms with Crippen LogP contribution in [0.5, 0.6) is 5.75 Å². The summed E-state index contributed by atoms with van der Waals surface area (Å²) in [5.41, 5.74) is 3.86. The van der Waals surface area contributed by atoms with E-state index in [1.165, 1.54) is 24.3 Å². The minimum atomic E-state index is -3.33. The Bertz CT molecular complexity index is 1440. The van der Waals surface area contributed by atoms with Gasteiger partial charge in [-0.05, 0) is 53.9 Å². The standard InChI is InChI=1S/C27H25N3O4S/c1-3-7-20-10-15-27(34-19-26(31)22-11-13-23(14-12-22)35(2,32)33)24(16-20)25-18-30(29-28-25)17-21-8-5-4-6-9-21/h3-6,8-16,18H,1,7,17,19H2,2H3. The molecule has 35 heavy (non-hydrogen) atoms. The van der Waals surface area contributed by atoms with Crippen LogP contribution in [0.2, 0.25) is 0 Å². The summed E-state index contributed by atoms with van der Waals surface area (Å²) in [6.07, 6.45) is 5.46. The molecule has 178 valence electrons. The molecule has 0 aliphatic carbocycles. The molecular formula is C27H25N3O4S. The molecule has 1 aromatic heterocycles. The first-order valence-corrected chi connectivity index (χ1v) is 12.9. The van der Waals surface area contributed by atoms with Crippen LogP contribution < -0.4 is 4.74 Å². The Kier molecular flexibility index (Phi) is 7.22. The molecule has 0 spiro atoms. The van der Waals surface area contributed by atoms with Crippen LogP contribution in [0, 0.1) is 0 Å². The Morgan fingerprint density at radius 3 is 2.46 bits per heavy atom. The van der Waals surface area contributed by atoms with Crippen molar-refractivity contribution < 1.29 is 17.9 Å². The highest BCUT2D eigenvalue weighted by Gasteiger charge is 2.15. The fourth-order valence-electron chi connectivity index (χ4n) is 3.58. The number of allylic oxidation sites excluding steroid dienone is 1. The Balaban J connectivity index is 1.54. The number of ether oxygens (including phenoxy) is 1. The molecule has 3 aromatic carbocycles. The van der Waals surface area contributed by atoms with Crippen molar-refractivity contribution in [1.29, 1.82) is 0 Å². The van der Waals surface area contributed by atoms with Crippen LogP contribution in [-0.2, 0) is 22.8 Å².